The summed E-state index contributed by atoms with van der Waals surface area (Å²) in [7, 11) is 3.45. The molecule has 0 aliphatic carbocycles. The van der Waals surface area contributed by atoms with E-state index in [2.05, 4.69) is 13.8 Å². The van der Waals surface area contributed by atoms with Crippen LogP contribution in [0, 0.1) is 0 Å². The zero-order chi connectivity index (χ0) is 18.4. The van der Waals surface area contributed by atoms with E-state index in [0.717, 1.165) is 38.5 Å². The molecule has 5 nitrogen and oxygen atoms in total. The van der Waals surface area contributed by atoms with Gasteiger partial charge in [0.15, 0.2) is 5.78 Å². The zero-order valence-electron chi connectivity index (χ0n) is 16.1. The minimum absolute atomic E-state index is 0.167. The largest absolute Gasteiger partial charge is 0.345 e. The molecule has 0 heterocycles. The van der Waals surface area contributed by atoms with Gasteiger partial charge in [-0.2, -0.15) is 0 Å². The molecule has 0 aliphatic rings. The van der Waals surface area contributed by atoms with Crippen molar-refractivity contribution in [1.29, 1.82) is 0 Å². The number of ketones is 1. The predicted octanol–water partition coefficient (Wildman–Crippen LogP) is 3.41. The number of nitrogens with zero attached hydrogens (tertiary/aromatic N) is 2. The van der Waals surface area contributed by atoms with E-state index in [-0.39, 0.29) is 30.4 Å². The molecule has 0 bridgehead atoms. The monoisotopic (exact) mass is 340 g/mol. The van der Waals surface area contributed by atoms with Gasteiger partial charge in [0.05, 0.1) is 12.8 Å². The first-order valence-corrected chi connectivity index (χ1v) is 9.41. The lowest BCUT2D eigenvalue weighted by atomic mass is 10.1. The fraction of sp³-hybridized carbons (Fsp3) is 0.842. The van der Waals surface area contributed by atoms with Crippen molar-refractivity contribution in [3.8, 4) is 0 Å². The second-order valence-electron chi connectivity index (χ2n) is 6.64. The molecule has 0 atom stereocenters. The van der Waals surface area contributed by atoms with Gasteiger partial charge in [0.2, 0.25) is 11.8 Å². The Morgan fingerprint density at radius 1 is 0.625 bits per heavy atom. The molecule has 0 aromatic carbocycles. The quantitative estimate of drug-likeness (QED) is 0.360. The molecule has 0 aliphatic heterocycles. The molecule has 2 amide bonds. The Balaban J connectivity index is 4.00. The van der Waals surface area contributed by atoms with Gasteiger partial charge in [-0.1, -0.05) is 52.4 Å². The van der Waals surface area contributed by atoms with Crippen molar-refractivity contribution in [3.05, 3.63) is 0 Å². The van der Waals surface area contributed by atoms with Gasteiger partial charge < -0.3 is 9.80 Å². The fourth-order valence-corrected chi connectivity index (χ4v) is 2.47. The zero-order valence-corrected chi connectivity index (χ0v) is 16.1. The van der Waals surface area contributed by atoms with Crippen molar-refractivity contribution in [2.75, 3.05) is 27.2 Å². The third-order valence-electron chi connectivity index (χ3n) is 4.24. The molecule has 0 aromatic rings. The highest BCUT2D eigenvalue weighted by molar-refractivity contribution is 6.06. The lowest BCUT2D eigenvalue weighted by Gasteiger charge is -2.18. The molecule has 140 valence electrons. The van der Waals surface area contributed by atoms with E-state index in [1.54, 1.807) is 23.9 Å². The summed E-state index contributed by atoms with van der Waals surface area (Å²) in [6.45, 7) is 5.64. The van der Waals surface area contributed by atoms with Crippen LogP contribution in [0.15, 0.2) is 0 Å². The van der Waals surface area contributed by atoms with E-state index in [1.165, 1.54) is 12.8 Å². The Morgan fingerprint density at radius 2 is 1.00 bits per heavy atom. The highest BCUT2D eigenvalue weighted by atomic mass is 16.2. The molecular formula is C19H36N2O3. The average molecular weight is 341 g/mol. The number of rotatable bonds is 14. The van der Waals surface area contributed by atoms with Crippen LogP contribution in [0.25, 0.3) is 0 Å². The van der Waals surface area contributed by atoms with Gasteiger partial charge in [0.1, 0.15) is 0 Å². The number of hydrogen-bond acceptors (Lipinski definition) is 3. The Kier molecular flexibility index (Phi) is 13.2. The van der Waals surface area contributed by atoms with Crippen molar-refractivity contribution >= 4 is 17.6 Å². The van der Waals surface area contributed by atoms with Crippen molar-refractivity contribution in [1.82, 2.24) is 9.80 Å². The standard InChI is InChI=1S/C19H36N2O3/c1-5-7-9-11-13-20(3)18(23)15-17(22)16-19(24)21(4)14-12-10-8-6-2/h5-16H2,1-4H3. The lowest BCUT2D eigenvalue weighted by molar-refractivity contribution is -0.137. The van der Waals surface area contributed by atoms with Crippen LogP contribution in [0.4, 0.5) is 0 Å². The molecule has 0 aromatic heterocycles. The summed E-state index contributed by atoms with van der Waals surface area (Å²) in [5, 5.41) is 0. The first-order chi connectivity index (χ1) is 11.4. The van der Waals surface area contributed by atoms with Gasteiger partial charge in [-0.25, -0.2) is 0 Å². The molecular weight excluding hydrogens is 304 g/mol. The van der Waals surface area contributed by atoms with E-state index in [0.29, 0.717) is 13.1 Å². The average Bonchev–Trinajstić information content (AvgIpc) is 2.54. The minimum Gasteiger partial charge on any atom is -0.345 e. The van der Waals surface area contributed by atoms with E-state index < -0.39 is 0 Å². The maximum Gasteiger partial charge on any atom is 0.229 e. The van der Waals surface area contributed by atoms with Gasteiger partial charge >= 0.3 is 0 Å². The SMILES string of the molecule is CCCCCCN(C)C(=O)CC(=O)CC(=O)N(C)CCCCCC. The topological polar surface area (TPSA) is 57.7 Å². The van der Waals surface area contributed by atoms with E-state index in [4.69, 9.17) is 0 Å². The van der Waals surface area contributed by atoms with Crippen LogP contribution in [-0.4, -0.2) is 54.6 Å². The molecule has 24 heavy (non-hydrogen) atoms. The number of Topliss-reactive ketones (excluding diaryl/α,β-unsaturated/α-hetero) is 1. The maximum absolute atomic E-state index is 12.0. The van der Waals surface area contributed by atoms with Crippen LogP contribution in [0.1, 0.15) is 78.1 Å². The van der Waals surface area contributed by atoms with Crippen LogP contribution in [0.3, 0.4) is 0 Å². The fourth-order valence-electron chi connectivity index (χ4n) is 2.47. The molecule has 5 heteroatoms. The number of carbonyl (C=O) groups excluding carboxylic acids is 3. The summed E-state index contributed by atoms with van der Waals surface area (Å²) >= 11 is 0. The molecule has 0 rings (SSSR count). The molecule has 0 N–H and O–H groups in total. The molecule has 0 spiro atoms. The Bertz CT molecular complexity index is 349. The van der Waals surface area contributed by atoms with Gasteiger partial charge in [-0.3, -0.25) is 14.4 Å². The van der Waals surface area contributed by atoms with Gasteiger partial charge in [0.25, 0.3) is 0 Å². The molecule has 0 saturated heterocycles. The van der Waals surface area contributed by atoms with Crippen molar-refractivity contribution in [2.45, 2.75) is 78.1 Å². The summed E-state index contributed by atoms with van der Waals surface area (Å²) in [6, 6.07) is 0. The number of unbranched alkanes of at least 4 members (excludes halogenated alkanes) is 6. The Labute approximate surface area is 147 Å². The van der Waals surface area contributed by atoms with Gasteiger partial charge in [-0.05, 0) is 12.8 Å². The van der Waals surface area contributed by atoms with Crippen LogP contribution < -0.4 is 0 Å². The van der Waals surface area contributed by atoms with Crippen molar-refractivity contribution in [2.24, 2.45) is 0 Å². The third kappa shape index (κ3) is 11.2. The second kappa shape index (κ2) is 14.0. The summed E-state index contributed by atoms with van der Waals surface area (Å²) < 4.78 is 0. The summed E-state index contributed by atoms with van der Waals surface area (Å²) in [4.78, 5) is 39.1. The molecule has 0 fully saturated rings. The van der Waals surface area contributed by atoms with Crippen LogP contribution in [0.5, 0.6) is 0 Å². The van der Waals surface area contributed by atoms with Gasteiger partial charge in [0, 0.05) is 27.2 Å². The lowest BCUT2D eigenvalue weighted by Crippen LogP contribution is -2.33. The Morgan fingerprint density at radius 3 is 1.33 bits per heavy atom. The number of hydrogen-bond donors (Lipinski definition) is 0. The second-order valence-corrected chi connectivity index (χ2v) is 6.64. The van der Waals surface area contributed by atoms with E-state index in [1.807, 2.05) is 0 Å². The highest BCUT2D eigenvalue weighted by Gasteiger charge is 2.18. The van der Waals surface area contributed by atoms with Crippen LogP contribution >= 0.6 is 0 Å². The number of carbonyl (C=O) groups is 3. The minimum atomic E-state index is -0.286. The first kappa shape index (κ1) is 22.6. The predicted molar refractivity (Wildman–Crippen MR) is 97.8 cm³/mol. The van der Waals surface area contributed by atoms with Gasteiger partial charge in [-0.15, -0.1) is 0 Å². The van der Waals surface area contributed by atoms with Crippen molar-refractivity contribution in [3.63, 3.8) is 0 Å². The van der Waals surface area contributed by atoms with E-state index in [9.17, 15) is 14.4 Å². The number of amides is 2. The van der Waals surface area contributed by atoms with E-state index >= 15 is 0 Å². The normalized spacial score (nSPS) is 10.5. The van der Waals surface area contributed by atoms with Crippen LogP contribution in [0.2, 0.25) is 0 Å². The summed E-state index contributed by atoms with van der Waals surface area (Å²) in [5.41, 5.74) is 0. The summed E-state index contributed by atoms with van der Waals surface area (Å²) in [5.74, 6) is -0.657. The molecule has 0 saturated carbocycles. The third-order valence-corrected chi connectivity index (χ3v) is 4.24. The Hall–Kier alpha value is -1.39. The molecule has 0 unspecified atom stereocenters. The maximum atomic E-state index is 12.0. The highest BCUT2D eigenvalue weighted by Crippen LogP contribution is 2.05. The molecule has 0 radical (unpaired) electrons. The smallest absolute Gasteiger partial charge is 0.229 e. The first-order valence-electron chi connectivity index (χ1n) is 9.41. The van der Waals surface area contributed by atoms with Crippen molar-refractivity contribution < 1.29 is 14.4 Å². The van der Waals surface area contributed by atoms with Crippen LogP contribution in [-0.2, 0) is 14.4 Å². The summed E-state index contributed by atoms with van der Waals surface area (Å²) in [6.07, 6.45) is 8.44.